The fourth-order valence-corrected chi connectivity index (χ4v) is 3.61. The van der Waals surface area contributed by atoms with Crippen molar-refractivity contribution < 1.29 is 9.59 Å². The molecule has 1 aromatic heterocycles. The van der Waals surface area contributed by atoms with Crippen LogP contribution in [0.2, 0.25) is 0 Å². The Morgan fingerprint density at radius 2 is 2.19 bits per heavy atom. The predicted octanol–water partition coefficient (Wildman–Crippen LogP) is 2.51. The summed E-state index contributed by atoms with van der Waals surface area (Å²) in [5, 5.41) is 2.85. The Morgan fingerprint density at radius 1 is 1.38 bits per heavy atom. The lowest BCUT2D eigenvalue weighted by Gasteiger charge is -2.33. The van der Waals surface area contributed by atoms with Crippen LogP contribution in [0.25, 0.3) is 0 Å². The Balaban J connectivity index is 1.68. The standard InChI is InChI=1S/C16H24N2O2S/c1-12-5-3-4-10-18(12)16(20)8-9-17-15(19)11-14-7-6-13(2)21-14/h6-7,12H,3-5,8-11H2,1-2H3,(H,17,19)/t12-/m0/s1. The number of hydrogen-bond acceptors (Lipinski definition) is 3. The van der Waals surface area contributed by atoms with E-state index in [2.05, 4.69) is 12.2 Å². The molecule has 1 atom stereocenters. The van der Waals surface area contributed by atoms with Gasteiger partial charge in [0.25, 0.3) is 0 Å². The molecular formula is C16H24N2O2S. The van der Waals surface area contributed by atoms with Crippen LogP contribution in [0.15, 0.2) is 12.1 Å². The molecule has 21 heavy (non-hydrogen) atoms. The molecule has 0 saturated carbocycles. The van der Waals surface area contributed by atoms with Gasteiger partial charge in [0.2, 0.25) is 11.8 Å². The van der Waals surface area contributed by atoms with Crippen molar-refractivity contribution in [3.05, 3.63) is 21.9 Å². The molecule has 1 aliphatic rings. The highest BCUT2D eigenvalue weighted by atomic mass is 32.1. The summed E-state index contributed by atoms with van der Waals surface area (Å²) >= 11 is 1.64. The van der Waals surface area contributed by atoms with Crippen LogP contribution in [0.4, 0.5) is 0 Å². The second-order valence-electron chi connectivity index (χ2n) is 5.72. The van der Waals surface area contributed by atoms with Crippen LogP contribution in [0.3, 0.4) is 0 Å². The van der Waals surface area contributed by atoms with E-state index in [4.69, 9.17) is 0 Å². The van der Waals surface area contributed by atoms with Crippen LogP contribution in [0.1, 0.15) is 42.4 Å². The minimum atomic E-state index is -0.00339. The van der Waals surface area contributed by atoms with Gasteiger partial charge in [-0.2, -0.15) is 0 Å². The fraction of sp³-hybridized carbons (Fsp3) is 0.625. The lowest BCUT2D eigenvalue weighted by molar-refractivity contribution is -0.134. The Kier molecular flexibility index (Phi) is 5.79. The Hall–Kier alpha value is -1.36. The lowest BCUT2D eigenvalue weighted by atomic mass is 10.0. The van der Waals surface area contributed by atoms with Gasteiger partial charge in [-0.3, -0.25) is 9.59 Å². The summed E-state index contributed by atoms with van der Waals surface area (Å²) in [4.78, 5) is 28.2. The normalized spacial score (nSPS) is 18.6. The van der Waals surface area contributed by atoms with Gasteiger partial charge >= 0.3 is 0 Å². The minimum Gasteiger partial charge on any atom is -0.355 e. The number of piperidine rings is 1. The number of nitrogens with zero attached hydrogens (tertiary/aromatic N) is 1. The monoisotopic (exact) mass is 308 g/mol. The Morgan fingerprint density at radius 3 is 2.86 bits per heavy atom. The maximum Gasteiger partial charge on any atom is 0.225 e. The van der Waals surface area contributed by atoms with Crippen LogP contribution in [0.5, 0.6) is 0 Å². The van der Waals surface area contributed by atoms with Gasteiger partial charge < -0.3 is 10.2 Å². The van der Waals surface area contributed by atoms with Crippen molar-refractivity contribution in [1.29, 1.82) is 0 Å². The first kappa shape index (κ1) is 16.0. The molecule has 1 N–H and O–H groups in total. The molecule has 1 aliphatic heterocycles. The molecule has 0 unspecified atom stereocenters. The molecule has 5 heteroatoms. The topological polar surface area (TPSA) is 49.4 Å². The molecule has 4 nitrogen and oxygen atoms in total. The Bertz CT molecular complexity index is 498. The first-order chi connectivity index (χ1) is 10.1. The van der Waals surface area contributed by atoms with E-state index in [1.807, 2.05) is 24.0 Å². The van der Waals surface area contributed by atoms with Crippen molar-refractivity contribution in [1.82, 2.24) is 10.2 Å². The van der Waals surface area contributed by atoms with Gasteiger partial charge in [-0.15, -0.1) is 11.3 Å². The number of likely N-dealkylation sites (tertiary alicyclic amines) is 1. The average Bonchev–Trinajstić information content (AvgIpc) is 2.84. The van der Waals surface area contributed by atoms with Crippen LogP contribution >= 0.6 is 11.3 Å². The zero-order valence-electron chi connectivity index (χ0n) is 12.9. The second-order valence-corrected chi connectivity index (χ2v) is 7.09. The molecule has 0 radical (unpaired) electrons. The molecule has 116 valence electrons. The van der Waals surface area contributed by atoms with Crippen LogP contribution in [0, 0.1) is 6.92 Å². The molecule has 2 rings (SSSR count). The summed E-state index contributed by atoms with van der Waals surface area (Å²) in [6.07, 6.45) is 4.21. The minimum absolute atomic E-state index is 0.00339. The quantitative estimate of drug-likeness (QED) is 0.908. The third kappa shape index (κ3) is 4.84. The summed E-state index contributed by atoms with van der Waals surface area (Å²) in [5.41, 5.74) is 0. The van der Waals surface area contributed by atoms with E-state index >= 15 is 0 Å². The van der Waals surface area contributed by atoms with E-state index in [1.165, 1.54) is 11.3 Å². The predicted molar refractivity (Wildman–Crippen MR) is 85.4 cm³/mol. The second kappa shape index (κ2) is 7.59. The van der Waals surface area contributed by atoms with Crippen molar-refractivity contribution >= 4 is 23.2 Å². The molecular weight excluding hydrogens is 284 g/mol. The molecule has 0 aliphatic carbocycles. The van der Waals surface area contributed by atoms with Crippen LogP contribution < -0.4 is 5.32 Å². The molecule has 2 amide bonds. The highest BCUT2D eigenvalue weighted by molar-refractivity contribution is 7.12. The van der Waals surface area contributed by atoms with Crippen molar-refractivity contribution in [2.45, 2.75) is 52.0 Å². The highest BCUT2D eigenvalue weighted by Gasteiger charge is 2.22. The molecule has 1 aromatic rings. The molecule has 2 heterocycles. The van der Waals surface area contributed by atoms with Gasteiger partial charge in [-0.1, -0.05) is 0 Å². The van der Waals surface area contributed by atoms with E-state index in [1.54, 1.807) is 11.3 Å². The summed E-state index contributed by atoms with van der Waals surface area (Å²) in [5.74, 6) is 0.158. The van der Waals surface area contributed by atoms with Crippen LogP contribution in [-0.4, -0.2) is 35.8 Å². The Labute approximate surface area is 130 Å². The summed E-state index contributed by atoms with van der Waals surface area (Å²) in [7, 11) is 0. The van der Waals surface area contributed by atoms with Crippen molar-refractivity contribution in [3.63, 3.8) is 0 Å². The van der Waals surface area contributed by atoms with E-state index in [0.29, 0.717) is 25.4 Å². The van der Waals surface area contributed by atoms with Gasteiger partial charge in [0.05, 0.1) is 6.42 Å². The largest absolute Gasteiger partial charge is 0.355 e. The average molecular weight is 308 g/mol. The first-order valence-corrected chi connectivity index (χ1v) is 8.49. The molecule has 0 aromatic carbocycles. The molecule has 1 fully saturated rings. The number of carbonyl (C=O) groups is 2. The summed E-state index contributed by atoms with van der Waals surface area (Å²) < 4.78 is 0. The van der Waals surface area contributed by atoms with Gasteiger partial charge in [-0.05, 0) is 45.2 Å². The maximum atomic E-state index is 12.1. The van der Waals surface area contributed by atoms with E-state index in [9.17, 15) is 9.59 Å². The van der Waals surface area contributed by atoms with Gasteiger partial charge in [-0.25, -0.2) is 0 Å². The van der Waals surface area contributed by atoms with Crippen molar-refractivity contribution in [2.24, 2.45) is 0 Å². The van der Waals surface area contributed by atoms with Crippen molar-refractivity contribution in [3.8, 4) is 0 Å². The smallest absolute Gasteiger partial charge is 0.225 e. The zero-order chi connectivity index (χ0) is 15.2. The van der Waals surface area contributed by atoms with E-state index in [-0.39, 0.29) is 11.8 Å². The van der Waals surface area contributed by atoms with Gasteiger partial charge in [0.1, 0.15) is 0 Å². The molecule has 0 bridgehead atoms. The van der Waals surface area contributed by atoms with Crippen molar-refractivity contribution in [2.75, 3.05) is 13.1 Å². The zero-order valence-corrected chi connectivity index (χ0v) is 13.7. The SMILES string of the molecule is Cc1ccc(CC(=O)NCCC(=O)N2CCCC[C@@H]2C)s1. The van der Waals surface area contributed by atoms with E-state index in [0.717, 1.165) is 24.3 Å². The van der Waals surface area contributed by atoms with Gasteiger partial charge in [0.15, 0.2) is 0 Å². The first-order valence-electron chi connectivity index (χ1n) is 7.68. The fourth-order valence-electron chi connectivity index (χ4n) is 2.72. The number of carbonyl (C=O) groups excluding carboxylic acids is 2. The summed E-state index contributed by atoms with van der Waals surface area (Å²) in [6.45, 7) is 5.44. The number of hydrogen-bond donors (Lipinski definition) is 1. The number of amides is 2. The highest BCUT2D eigenvalue weighted by Crippen LogP contribution is 2.17. The van der Waals surface area contributed by atoms with Crippen LogP contribution in [-0.2, 0) is 16.0 Å². The molecule has 0 spiro atoms. The number of thiophene rings is 1. The molecule has 1 saturated heterocycles. The lowest BCUT2D eigenvalue weighted by Crippen LogP contribution is -2.43. The van der Waals surface area contributed by atoms with E-state index < -0.39 is 0 Å². The number of rotatable bonds is 5. The third-order valence-corrected chi connectivity index (χ3v) is 4.92. The van der Waals surface area contributed by atoms with Gasteiger partial charge in [0, 0.05) is 35.3 Å². The maximum absolute atomic E-state index is 12.1. The summed E-state index contributed by atoms with van der Waals surface area (Å²) in [6, 6.07) is 4.35. The number of nitrogens with one attached hydrogen (secondary N) is 1. The third-order valence-electron chi connectivity index (χ3n) is 3.92. The number of aryl methyl sites for hydroxylation is 1.